The number of nitrogens with one attached hydrogen (secondary N) is 2. The zero-order valence-corrected chi connectivity index (χ0v) is 13.5. The summed E-state index contributed by atoms with van der Waals surface area (Å²) in [5, 5.41) is 2.91. The van der Waals surface area contributed by atoms with Gasteiger partial charge in [-0.05, 0) is 18.2 Å². The minimum atomic E-state index is -0.114. The zero-order valence-electron chi connectivity index (χ0n) is 13.5. The van der Waals surface area contributed by atoms with Crippen LogP contribution >= 0.6 is 0 Å². The molecule has 0 fully saturated rings. The number of imidazole rings is 1. The second-order valence-electron chi connectivity index (χ2n) is 5.36. The summed E-state index contributed by atoms with van der Waals surface area (Å²) in [4.78, 5) is 19.8. The van der Waals surface area contributed by atoms with E-state index in [1.54, 1.807) is 31.5 Å². The third-order valence-electron chi connectivity index (χ3n) is 3.69. The Balaban J connectivity index is 1.55. The number of methoxy groups -OCH3 is 1. The van der Waals surface area contributed by atoms with Gasteiger partial charge in [0.15, 0.2) is 0 Å². The lowest BCUT2D eigenvalue weighted by atomic mass is 10.2. The first kappa shape index (κ1) is 15.8. The molecule has 1 amide bonds. The van der Waals surface area contributed by atoms with Gasteiger partial charge in [0, 0.05) is 36.0 Å². The maximum atomic E-state index is 12.1. The molecule has 122 valence electrons. The number of rotatable bonds is 6. The third-order valence-corrected chi connectivity index (χ3v) is 3.69. The molecule has 5 nitrogen and oxygen atoms in total. The molecule has 2 N–H and O–H groups in total. The lowest BCUT2D eigenvalue weighted by molar-refractivity contribution is 0.0953. The van der Waals surface area contributed by atoms with Crippen molar-refractivity contribution in [1.82, 2.24) is 15.3 Å². The van der Waals surface area contributed by atoms with Crippen LogP contribution in [0, 0.1) is 0 Å². The summed E-state index contributed by atoms with van der Waals surface area (Å²) in [7, 11) is 1.58. The second-order valence-corrected chi connectivity index (χ2v) is 5.36. The summed E-state index contributed by atoms with van der Waals surface area (Å²) in [6, 6.07) is 17.0. The van der Waals surface area contributed by atoms with Gasteiger partial charge in [0.25, 0.3) is 5.91 Å². The van der Waals surface area contributed by atoms with Crippen molar-refractivity contribution < 1.29 is 9.53 Å². The highest BCUT2D eigenvalue weighted by Gasteiger charge is 2.07. The molecule has 0 unspecified atom stereocenters. The van der Waals surface area contributed by atoms with Gasteiger partial charge < -0.3 is 15.0 Å². The third kappa shape index (κ3) is 3.81. The number of carbonyl (C=O) groups is 1. The number of nitrogens with zero attached hydrogens (tertiary/aromatic N) is 1. The quantitative estimate of drug-likeness (QED) is 0.733. The number of H-pyrrole nitrogens is 1. The number of benzene rings is 2. The average molecular weight is 321 g/mol. The van der Waals surface area contributed by atoms with Crippen LogP contribution in [0.25, 0.3) is 11.4 Å². The maximum Gasteiger partial charge on any atom is 0.251 e. The predicted octanol–water partition coefficient (Wildman–Crippen LogP) is 3.06. The van der Waals surface area contributed by atoms with E-state index in [1.807, 2.05) is 36.4 Å². The number of aromatic nitrogens is 2. The lowest BCUT2D eigenvalue weighted by Crippen LogP contribution is -2.25. The van der Waals surface area contributed by atoms with Crippen molar-refractivity contribution in [2.45, 2.75) is 6.42 Å². The standard InChI is InChI=1S/C19H19N3O2/c1-24-17-9-5-8-15(12-17)19(23)20-11-10-16-13-21-18(22-16)14-6-3-2-4-7-14/h2-9,12-13H,10-11H2,1H3,(H,20,23)(H,21,22). The fraction of sp³-hybridized carbons (Fsp3) is 0.158. The Hall–Kier alpha value is -3.08. The number of ether oxygens (including phenoxy) is 1. The van der Waals surface area contributed by atoms with Crippen molar-refractivity contribution in [2.75, 3.05) is 13.7 Å². The van der Waals surface area contributed by atoms with E-state index in [-0.39, 0.29) is 5.91 Å². The first-order valence-corrected chi connectivity index (χ1v) is 7.78. The van der Waals surface area contributed by atoms with E-state index < -0.39 is 0 Å². The molecule has 0 aliphatic heterocycles. The van der Waals surface area contributed by atoms with Gasteiger partial charge in [-0.2, -0.15) is 0 Å². The zero-order chi connectivity index (χ0) is 16.8. The van der Waals surface area contributed by atoms with Gasteiger partial charge in [-0.3, -0.25) is 4.79 Å². The SMILES string of the molecule is COc1cccc(C(=O)NCCc2cnc(-c3ccccc3)[nH]2)c1. The molecular weight excluding hydrogens is 302 g/mol. The van der Waals surface area contributed by atoms with Crippen molar-refractivity contribution in [1.29, 1.82) is 0 Å². The van der Waals surface area contributed by atoms with Crippen LogP contribution in [-0.2, 0) is 6.42 Å². The summed E-state index contributed by atoms with van der Waals surface area (Å²) in [5.74, 6) is 1.39. The number of aromatic amines is 1. The van der Waals surface area contributed by atoms with Gasteiger partial charge in [-0.25, -0.2) is 4.98 Å². The highest BCUT2D eigenvalue weighted by molar-refractivity contribution is 5.94. The first-order valence-electron chi connectivity index (χ1n) is 7.78. The van der Waals surface area contributed by atoms with Crippen LogP contribution in [-0.4, -0.2) is 29.5 Å². The Labute approximate surface area is 140 Å². The Morgan fingerprint density at radius 3 is 2.79 bits per heavy atom. The van der Waals surface area contributed by atoms with Crippen molar-refractivity contribution in [2.24, 2.45) is 0 Å². The molecular formula is C19H19N3O2. The Kier molecular flexibility index (Phi) is 4.91. The first-order chi connectivity index (χ1) is 11.8. The molecule has 3 rings (SSSR count). The molecule has 24 heavy (non-hydrogen) atoms. The molecule has 0 bridgehead atoms. The van der Waals surface area contributed by atoms with E-state index in [1.165, 1.54) is 0 Å². The molecule has 2 aromatic carbocycles. The molecule has 0 radical (unpaired) electrons. The summed E-state index contributed by atoms with van der Waals surface area (Å²) in [6.07, 6.45) is 2.50. The van der Waals surface area contributed by atoms with Crippen LogP contribution in [0.1, 0.15) is 16.1 Å². The van der Waals surface area contributed by atoms with Crippen LogP contribution < -0.4 is 10.1 Å². The van der Waals surface area contributed by atoms with Crippen LogP contribution in [0.5, 0.6) is 5.75 Å². The van der Waals surface area contributed by atoms with Gasteiger partial charge in [-0.15, -0.1) is 0 Å². The van der Waals surface area contributed by atoms with E-state index in [0.717, 1.165) is 17.1 Å². The van der Waals surface area contributed by atoms with Gasteiger partial charge in [0.1, 0.15) is 11.6 Å². The van der Waals surface area contributed by atoms with Crippen LogP contribution in [0.3, 0.4) is 0 Å². The molecule has 1 aromatic heterocycles. The summed E-state index contributed by atoms with van der Waals surface area (Å²) in [5.41, 5.74) is 2.62. The van der Waals surface area contributed by atoms with Gasteiger partial charge in [0.05, 0.1) is 7.11 Å². The number of amides is 1. The molecule has 0 aliphatic carbocycles. The number of hydrogen-bond donors (Lipinski definition) is 2. The fourth-order valence-corrected chi connectivity index (χ4v) is 2.41. The van der Waals surface area contributed by atoms with Crippen molar-refractivity contribution in [3.05, 3.63) is 72.1 Å². The second kappa shape index (κ2) is 7.46. The van der Waals surface area contributed by atoms with E-state index >= 15 is 0 Å². The van der Waals surface area contributed by atoms with Crippen molar-refractivity contribution in [3.63, 3.8) is 0 Å². The van der Waals surface area contributed by atoms with Gasteiger partial charge >= 0.3 is 0 Å². The van der Waals surface area contributed by atoms with E-state index in [9.17, 15) is 4.79 Å². The highest BCUT2D eigenvalue weighted by atomic mass is 16.5. The Morgan fingerprint density at radius 2 is 2.00 bits per heavy atom. The van der Waals surface area contributed by atoms with Crippen molar-refractivity contribution >= 4 is 5.91 Å². The van der Waals surface area contributed by atoms with Gasteiger partial charge in [0.2, 0.25) is 0 Å². The summed E-state index contributed by atoms with van der Waals surface area (Å²) < 4.78 is 5.13. The van der Waals surface area contributed by atoms with E-state index in [2.05, 4.69) is 15.3 Å². The largest absolute Gasteiger partial charge is 0.497 e. The monoisotopic (exact) mass is 321 g/mol. The molecule has 0 spiro atoms. The molecule has 0 saturated heterocycles. The van der Waals surface area contributed by atoms with Crippen LogP contribution in [0.2, 0.25) is 0 Å². The van der Waals surface area contributed by atoms with E-state index in [0.29, 0.717) is 24.3 Å². The topological polar surface area (TPSA) is 67.0 Å². The average Bonchev–Trinajstić information content (AvgIpc) is 3.11. The minimum absolute atomic E-state index is 0.114. The highest BCUT2D eigenvalue weighted by Crippen LogP contribution is 2.15. The van der Waals surface area contributed by atoms with Crippen molar-refractivity contribution in [3.8, 4) is 17.1 Å². The molecule has 0 saturated carbocycles. The molecule has 3 aromatic rings. The smallest absolute Gasteiger partial charge is 0.251 e. The fourth-order valence-electron chi connectivity index (χ4n) is 2.41. The predicted molar refractivity (Wildman–Crippen MR) is 93.1 cm³/mol. The molecule has 0 atom stereocenters. The van der Waals surface area contributed by atoms with E-state index in [4.69, 9.17) is 4.74 Å². The molecule has 1 heterocycles. The number of hydrogen-bond acceptors (Lipinski definition) is 3. The van der Waals surface area contributed by atoms with Gasteiger partial charge in [-0.1, -0.05) is 36.4 Å². The Morgan fingerprint density at radius 1 is 1.17 bits per heavy atom. The lowest BCUT2D eigenvalue weighted by Gasteiger charge is -2.06. The minimum Gasteiger partial charge on any atom is -0.497 e. The van der Waals surface area contributed by atoms with Crippen LogP contribution in [0.4, 0.5) is 0 Å². The number of carbonyl (C=O) groups excluding carboxylic acids is 1. The molecule has 5 heteroatoms. The maximum absolute atomic E-state index is 12.1. The Bertz CT molecular complexity index is 812. The van der Waals surface area contributed by atoms with Crippen LogP contribution in [0.15, 0.2) is 60.8 Å². The molecule has 0 aliphatic rings. The summed E-state index contributed by atoms with van der Waals surface area (Å²) in [6.45, 7) is 0.534. The normalized spacial score (nSPS) is 10.4. The summed E-state index contributed by atoms with van der Waals surface area (Å²) >= 11 is 0.